The number of hydrogen-bond acceptors (Lipinski definition) is 3. The van der Waals surface area contributed by atoms with Gasteiger partial charge in [-0.05, 0) is 30.2 Å². The summed E-state index contributed by atoms with van der Waals surface area (Å²) in [4.78, 5) is 6.62. The van der Waals surface area contributed by atoms with Crippen molar-refractivity contribution in [3.8, 4) is 0 Å². The van der Waals surface area contributed by atoms with E-state index in [1.807, 2.05) is 12.1 Å². The molecule has 0 aliphatic carbocycles. The van der Waals surface area contributed by atoms with Crippen molar-refractivity contribution < 1.29 is 4.74 Å². The third-order valence-electron chi connectivity index (χ3n) is 3.68. The second-order valence-electron chi connectivity index (χ2n) is 5.41. The molecular weight excluding hydrogens is 462 g/mol. The molecule has 8 heteroatoms. The van der Waals surface area contributed by atoms with Crippen LogP contribution in [0.5, 0.6) is 0 Å². The van der Waals surface area contributed by atoms with Crippen LogP contribution in [-0.4, -0.2) is 63.8 Å². The zero-order chi connectivity index (χ0) is 16.5. The normalized spacial score (nSPS) is 15.7. The molecule has 0 amide bonds. The standard InChI is InChI=1S/C16H24Cl2N4O.HI/c1-19-16(21-4-5-22-6-8-23-9-7-22)20-3-2-13-10-14(17)12-15(18)11-13;/h10-12H,2-9H2,1H3,(H2,19,20,21);1H. The molecule has 1 aromatic carbocycles. The average molecular weight is 487 g/mol. The van der Waals surface area contributed by atoms with Gasteiger partial charge in [0.2, 0.25) is 0 Å². The van der Waals surface area contributed by atoms with Crippen molar-refractivity contribution in [3.05, 3.63) is 33.8 Å². The van der Waals surface area contributed by atoms with E-state index in [1.165, 1.54) is 0 Å². The molecule has 1 aliphatic rings. The van der Waals surface area contributed by atoms with Gasteiger partial charge < -0.3 is 15.4 Å². The number of aliphatic imine (C=N–C) groups is 1. The van der Waals surface area contributed by atoms with Crippen LogP contribution in [0.1, 0.15) is 5.56 Å². The summed E-state index contributed by atoms with van der Waals surface area (Å²) >= 11 is 12.0. The number of guanidine groups is 1. The number of nitrogens with one attached hydrogen (secondary N) is 2. The second kappa shape index (κ2) is 12.1. The summed E-state index contributed by atoms with van der Waals surface area (Å²) in [5, 5.41) is 7.97. The maximum absolute atomic E-state index is 6.01. The van der Waals surface area contributed by atoms with E-state index in [-0.39, 0.29) is 24.0 Å². The van der Waals surface area contributed by atoms with Crippen LogP contribution in [0.2, 0.25) is 10.0 Å². The van der Waals surface area contributed by atoms with Gasteiger partial charge in [0, 0.05) is 49.8 Å². The van der Waals surface area contributed by atoms with Crippen molar-refractivity contribution in [3.63, 3.8) is 0 Å². The van der Waals surface area contributed by atoms with Crippen molar-refractivity contribution in [2.24, 2.45) is 4.99 Å². The van der Waals surface area contributed by atoms with E-state index in [0.717, 1.165) is 63.9 Å². The van der Waals surface area contributed by atoms with Gasteiger partial charge in [-0.25, -0.2) is 0 Å². The molecule has 0 atom stereocenters. The molecule has 2 rings (SSSR count). The summed E-state index contributed by atoms with van der Waals surface area (Å²) in [7, 11) is 1.78. The van der Waals surface area contributed by atoms with Crippen LogP contribution in [0.25, 0.3) is 0 Å². The highest BCUT2D eigenvalue weighted by Crippen LogP contribution is 2.19. The lowest BCUT2D eigenvalue weighted by molar-refractivity contribution is 0.0389. The zero-order valence-corrected chi connectivity index (χ0v) is 17.7. The highest BCUT2D eigenvalue weighted by molar-refractivity contribution is 14.0. The van der Waals surface area contributed by atoms with Crippen molar-refractivity contribution in [2.45, 2.75) is 6.42 Å². The molecule has 1 heterocycles. The van der Waals surface area contributed by atoms with Crippen LogP contribution in [0, 0.1) is 0 Å². The quantitative estimate of drug-likeness (QED) is 0.368. The van der Waals surface area contributed by atoms with Crippen LogP contribution in [-0.2, 0) is 11.2 Å². The lowest BCUT2D eigenvalue weighted by Gasteiger charge is -2.26. The molecule has 24 heavy (non-hydrogen) atoms. The van der Waals surface area contributed by atoms with Crippen LogP contribution >= 0.6 is 47.2 Å². The first-order valence-corrected chi connectivity index (χ1v) is 8.62. The zero-order valence-electron chi connectivity index (χ0n) is 13.9. The predicted molar refractivity (Wildman–Crippen MR) is 112 cm³/mol. The molecule has 0 bridgehead atoms. The van der Waals surface area contributed by atoms with E-state index in [4.69, 9.17) is 27.9 Å². The number of hydrogen-bond donors (Lipinski definition) is 2. The van der Waals surface area contributed by atoms with Gasteiger partial charge in [-0.2, -0.15) is 0 Å². The molecule has 0 spiro atoms. The molecule has 136 valence electrons. The van der Waals surface area contributed by atoms with Crippen LogP contribution in [0.4, 0.5) is 0 Å². The van der Waals surface area contributed by atoms with Gasteiger partial charge in [-0.1, -0.05) is 23.2 Å². The summed E-state index contributed by atoms with van der Waals surface area (Å²) in [6, 6.07) is 5.61. The Balaban J connectivity index is 0.00000288. The molecule has 1 aliphatic heterocycles. The van der Waals surface area contributed by atoms with Crippen LogP contribution in [0.15, 0.2) is 23.2 Å². The molecule has 1 fully saturated rings. The van der Waals surface area contributed by atoms with E-state index in [1.54, 1.807) is 13.1 Å². The SMILES string of the molecule is CN=C(NCCc1cc(Cl)cc(Cl)c1)NCCN1CCOCC1.I. The van der Waals surface area contributed by atoms with Gasteiger partial charge in [0.15, 0.2) is 5.96 Å². The van der Waals surface area contributed by atoms with Crippen LogP contribution < -0.4 is 10.6 Å². The fraction of sp³-hybridized carbons (Fsp3) is 0.562. The highest BCUT2D eigenvalue weighted by atomic mass is 127. The lowest BCUT2D eigenvalue weighted by atomic mass is 10.1. The first kappa shape index (κ1) is 21.8. The molecular formula is C16H25Cl2IN4O. The molecule has 0 aromatic heterocycles. The molecule has 5 nitrogen and oxygen atoms in total. The van der Waals surface area contributed by atoms with Crippen molar-refractivity contribution in [1.82, 2.24) is 15.5 Å². The smallest absolute Gasteiger partial charge is 0.191 e. The molecule has 0 radical (unpaired) electrons. The molecule has 0 unspecified atom stereocenters. The summed E-state index contributed by atoms with van der Waals surface area (Å²) in [5.41, 5.74) is 1.11. The number of benzene rings is 1. The Labute approximate surface area is 171 Å². The number of rotatable bonds is 6. The molecule has 0 saturated carbocycles. The van der Waals surface area contributed by atoms with Gasteiger partial charge in [-0.15, -0.1) is 24.0 Å². The van der Waals surface area contributed by atoms with E-state index in [0.29, 0.717) is 10.0 Å². The van der Waals surface area contributed by atoms with E-state index < -0.39 is 0 Å². The first-order valence-electron chi connectivity index (χ1n) is 7.87. The van der Waals surface area contributed by atoms with E-state index in [2.05, 4.69) is 20.5 Å². The molecule has 2 N–H and O–H groups in total. The Morgan fingerprint density at radius 1 is 1.12 bits per heavy atom. The highest BCUT2D eigenvalue weighted by Gasteiger charge is 2.09. The minimum absolute atomic E-state index is 0. The molecule has 1 saturated heterocycles. The van der Waals surface area contributed by atoms with Gasteiger partial charge in [-0.3, -0.25) is 9.89 Å². The maximum Gasteiger partial charge on any atom is 0.191 e. The van der Waals surface area contributed by atoms with E-state index in [9.17, 15) is 0 Å². The Bertz CT molecular complexity index is 505. The fourth-order valence-electron chi connectivity index (χ4n) is 2.46. The van der Waals surface area contributed by atoms with Crippen molar-refractivity contribution in [2.75, 3.05) is 53.0 Å². The van der Waals surface area contributed by atoms with Crippen LogP contribution in [0.3, 0.4) is 0 Å². The summed E-state index contributed by atoms with van der Waals surface area (Å²) in [6.07, 6.45) is 0.838. The largest absolute Gasteiger partial charge is 0.379 e. The minimum atomic E-state index is 0. The summed E-state index contributed by atoms with van der Waals surface area (Å²) in [6.45, 7) is 6.29. The van der Waals surface area contributed by atoms with E-state index >= 15 is 0 Å². The second-order valence-corrected chi connectivity index (χ2v) is 6.28. The Morgan fingerprint density at radius 2 is 1.75 bits per heavy atom. The monoisotopic (exact) mass is 486 g/mol. The lowest BCUT2D eigenvalue weighted by Crippen LogP contribution is -2.44. The molecule has 1 aromatic rings. The third-order valence-corrected chi connectivity index (χ3v) is 4.11. The Kier molecular flexibility index (Phi) is 11.0. The number of nitrogens with zero attached hydrogens (tertiary/aromatic N) is 2. The summed E-state index contributed by atoms with van der Waals surface area (Å²) in [5.74, 6) is 0.811. The van der Waals surface area contributed by atoms with Gasteiger partial charge in [0.25, 0.3) is 0 Å². The fourth-order valence-corrected chi connectivity index (χ4v) is 3.03. The average Bonchev–Trinajstić information content (AvgIpc) is 2.53. The summed E-state index contributed by atoms with van der Waals surface area (Å²) < 4.78 is 5.34. The Morgan fingerprint density at radius 3 is 2.38 bits per heavy atom. The number of morpholine rings is 1. The van der Waals surface area contributed by atoms with Gasteiger partial charge in [0.1, 0.15) is 0 Å². The van der Waals surface area contributed by atoms with Crippen molar-refractivity contribution in [1.29, 1.82) is 0 Å². The minimum Gasteiger partial charge on any atom is -0.379 e. The number of halogens is 3. The predicted octanol–water partition coefficient (Wildman–Crippen LogP) is 2.65. The van der Waals surface area contributed by atoms with Gasteiger partial charge in [0.05, 0.1) is 13.2 Å². The van der Waals surface area contributed by atoms with Gasteiger partial charge >= 0.3 is 0 Å². The maximum atomic E-state index is 6.01. The first-order chi connectivity index (χ1) is 11.2. The third kappa shape index (κ3) is 8.20. The number of ether oxygens (including phenoxy) is 1. The van der Waals surface area contributed by atoms with Crippen molar-refractivity contribution >= 4 is 53.1 Å². The topological polar surface area (TPSA) is 48.9 Å². The Hall–Kier alpha value is -0.280.